The van der Waals surface area contributed by atoms with Gasteiger partial charge in [0.05, 0.1) is 0 Å². The quantitative estimate of drug-likeness (QED) is 0.466. The molecule has 0 N–H and O–H groups in total. The molecule has 0 bridgehead atoms. The van der Waals surface area contributed by atoms with Crippen molar-refractivity contribution in [1.82, 2.24) is 0 Å². The summed E-state index contributed by atoms with van der Waals surface area (Å²) in [7, 11) is 0. The molecular formula is C8H11N. The van der Waals surface area contributed by atoms with Crippen molar-refractivity contribution in [2.24, 2.45) is 4.99 Å². The Bertz CT molecular complexity index is 163. The fourth-order valence-corrected chi connectivity index (χ4v) is 0.750. The minimum Gasteiger partial charge on any atom is -0.265 e. The Hall–Kier alpha value is -0.850. The third-order valence-electron chi connectivity index (χ3n) is 1.34. The van der Waals surface area contributed by atoms with E-state index in [1.165, 1.54) is 12.0 Å². The maximum absolute atomic E-state index is 4.00. The van der Waals surface area contributed by atoms with E-state index in [1.54, 1.807) is 0 Å². The van der Waals surface area contributed by atoms with Gasteiger partial charge in [0.2, 0.25) is 0 Å². The van der Waals surface area contributed by atoms with Gasteiger partial charge in [-0.3, -0.25) is 4.99 Å². The fourth-order valence-electron chi connectivity index (χ4n) is 0.750. The zero-order chi connectivity index (χ0) is 6.53. The van der Waals surface area contributed by atoms with Crippen LogP contribution in [0, 0.1) is 0 Å². The first-order chi connectivity index (χ1) is 4.39. The van der Waals surface area contributed by atoms with Gasteiger partial charge in [0, 0.05) is 12.4 Å². The van der Waals surface area contributed by atoms with Crippen molar-refractivity contribution >= 4 is 6.21 Å². The van der Waals surface area contributed by atoms with E-state index < -0.39 is 0 Å². The number of hydrogen-bond acceptors (Lipinski definition) is 1. The topological polar surface area (TPSA) is 12.4 Å². The second-order valence-electron chi connectivity index (χ2n) is 2.23. The first-order valence-corrected chi connectivity index (χ1v) is 3.23. The zero-order valence-electron chi connectivity index (χ0n) is 5.67. The van der Waals surface area contributed by atoms with Gasteiger partial charge >= 0.3 is 0 Å². The molecule has 0 aromatic heterocycles. The smallest absolute Gasteiger partial charge is 0.0267 e. The van der Waals surface area contributed by atoms with Crippen LogP contribution < -0.4 is 0 Å². The highest BCUT2D eigenvalue weighted by Crippen LogP contribution is 2.04. The summed E-state index contributed by atoms with van der Waals surface area (Å²) in [4.78, 5) is 4.00. The van der Waals surface area contributed by atoms with E-state index in [1.807, 2.05) is 12.4 Å². The van der Waals surface area contributed by atoms with Crippen molar-refractivity contribution in [3.8, 4) is 0 Å². The highest BCUT2D eigenvalue weighted by atomic mass is 14.7. The SMILES string of the molecule is C\C1=C/C=N\C=C/CC1. The summed E-state index contributed by atoms with van der Waals surface area (Å²) in [5.41, 5.74) is 1.41. The third-order valence-corrected chi connectivity index (χ3v) is 1.34. The number of aliphatic imine (C=N–C) groups is 1. The molecule has 1 rings (SSSR count). The van der Waals surface area contributed by atoms with Gasteiger partial charge < -0.3 is 0 Å². The molecule has 1 aliphatic rings. The summed E-state index contributed by atoms with van der Waals surface area (Å²) in [5.74, 6) is 0. The van der Waals surface area contributed by atoms with Crippen LogP contribution in [0.3, 0.4) is 0 Å². The molecule has 1 nitrogen and oxygen atoms in total. The van der Waals surface area contributed by atoms with Gasteiger partial charge in [0.25, 0.3) is 0 Å². The second kappa shape index (κ2) is 3.23. The van der Waals surface area contributed by atoms with E-state index in [0.717, 1.165) is 6.42 Å². The van der Waals surface area contributed by atoms with Crippen LogP contribution in [0.4, 0.5) is 0 Å². The Morgan fingerprint density at radius 3 is 3.33 bits per heavy atom. The van der Waals surface area contributed by atoms with Gasteiger partial charge in [-0.25, -0.2) is 0 Å². The van der Waals surface area contributed by atoms with Gasteiger partial charge in [0.15, 0.2) is 0 Å². The lowest BCUT2D eigenvalue weighted by Gasteiger charge is -1.95. The van der Waals surface area contributed by atoms with E-state index >= 15 is 0 Å². The minimum atomic E-state index is 1.12. The molecule has 0 saturated heterocycles. The van der Waals surface area contributed by atoms with E-state index in [9.17, 15) is 0 Å². The van der Waals surface area contributed by atoms with Crippen LogP contribution in [0.25, 0.3) is 0 Å². The van der Waals surface area contributed by atoms with Gasteiger partial charge in [-0.05, 0) is 25.8 Å². The molecule has 0 radical (unpaired) electrons. The molecule has 0 saturated carbocycles. The van der Waals surface area contributed by atoms with Crippen LogP contribution in [0.5, 0.6) is 0 Å². The van der Waals surface area contributed by atoms with Crippen LogP contribution in [0.15, 0.2) is 28.9 Å². The summed E-state index contributed by atoms with van der Waals surface area (Å²) < 4.78 is 0. The lowest BCUT2D eigenvalue weighted by molar-refractivity contribution is 0.975. The third kappa shape index (κ3) is 2.27. The van der Waals surface area contributed by atoms with Crippen molar-refractivity contribution in [2.75, 3.05) is 0 Å². The van der Waals surface area contributed by atoms with Crippen molar-refractivity contribution in [1.29, 1.82) is 0 Å². The van der Waals surface area contributed by atoms with Gasteiger partial charge in [-0.1, -0.05) is 11.6 Å². The lowest BCUT2D eigenvalue weighted by Crippen LogP contribution is -1.79. The van der Waals surface area contributed by atoms with Gasteiger partial charge in [-0.15, -0.1) is 0 Å². The van der Waals surface area contributed by atoms with Crippen molar-refractivity contribution < 1.29 is 0 Å². The molecule has 48 valence electrons. The maximum Gasteiger partial charge on any atom is 0.0267 e. The average molecular weight is 121 g/mol. The van der Waals surface area contributed by atoms with Crippen LogP contribution in [0.2, 0.25) is 0 Å². The van der Waals surface area contributed by atoms with E-state index in [4.69, 9.17) is 0 Å². The summed E-state index contributed by atoms with van der Waals surface area (Å²) in [6, 6.07) is 0. The fraction of sp³-hybridized carbons (Fsp3) is 0.375. The molecule has 0 unspecified atom stereocenters. The number of rotatable bonds is 0. The number of hydrogen-bond donors (Lipinski definition) is 0. The summed E-state index contributed by atoms with van der Waals surface area (Å²) in [6.45, 7) is 2.13. The molecule has 1 heterocycles. The van der Waals surface area contributed by atoms with Crippen LogP contribution in [-0.2, 0) is 0 Å². The van der Waals surface area contributed by atoms with E-state index in [0.29, 0.717) is 0 Å². The normalized spacial score (nSPS) is 31.4. The highest BCUT2D eigenvalue weighted by Gasteiger charge is 1.86. The summed E-state index contributed by atoms with van der Waals surface area (Å²) in [5, 5.41) is 0. The molecule has 0 aromatic rings. The van der Waals surface area contributed by atoms with Crippen molar-refractivity contribution in [2.45, 2.75) is 19.8 Å². The molecule has 0 aromatic carbocycles. The standard InChI is InChI=1S/C8H11N/c1-8-4-2-3-6-9-7-5-8/h3,5-7H,2,4H2,1H3/b6-3-,8-5+,9-7-. The number of allylic oxidation sites excluding steroid dienone is 3. The van der Waals surface area contributed by atoms with Crippen LogP contribution >= 0.6 is 0 Å². The van der Waals surface area contributed by atoms with Crippen LogP contribution in [0.1, 0.15) is 19.8 Å². The number of nitrogens with zero attached hydrogens (tertiary/aromatic N) is 1. The Balaban J connectivity index is 2.62. The molecular weight excluding hydrogens is 110 g/mol. The van der Waals surface area contributed by atoms with E-state index in [-0.39, 0.29) is 0 Å². The Kier molecular flexibility index (Phi) is 2.25. The van der Waals surface area contributed by atoms with Crippen LogP contribution in [-0.4, -0.2) is 6.21 Å². The molecule has 0 aliphatic carbocycles. The largest absolute Gasteiger partial charge is 0.265 e. The van der Waals surface area contributed by atoms with Crippen molar-refractivity contribution in [3.63, 3.8) is 0 Å². The first kappa shape index (κ1) is 6.27. The summed E-state index contributed by atoms with van der Waals surface area (Å²) in [6.07, 6.45) is 10.1. The average Bonchev–Trinajstić information content (AvgIpc) is 1.79. The molecule has 0 amide bonds. The Labute approximate surface area is 55.8 Å². The van der Waals surface area contributed by atoms with Gasteiger partial charge in [-0.2, -0.15) is 0 Å². The maximum atomic E-state index is 4.00. The molecule has 9 heavy (non-hydrogen) atoms. The molecule has 1 aliphatic heterocycles. The predicted octanol–water partition coefficient (Wildman–Crippen LogP) is 2.31. The minimum absolute atomic E-state index is 1.12. The Morgan fingerprint density at radius 2 is 2.44 bits per heavy atom. The van der Waals surface area contributed by atoms with E-state index in [2.05, 4.69) is 24.1 Å². The lowest BCUT2D eigenvalue weighted by atomic mass is 10.1. The summed E-state index contributed by atoms with van der Waals surface area (Å²) >= 11 is 0. The van der Waals surface area contributed by atoms with Gasteiger partial charge in [0.1, 0.15) is 0 Å². The Morgan fingerprint density at radius 1 is 1.56 bits per heavy atom. The monoisotopic (exact) mass is 121 g/mol. The molecule has 0 spiro atoms. The zero-order valence-corrected chi connectivity index (χ0v) is 5.67. The first-order valence-electron chi connectivity index (χ1n) is 3.23. The second-order valence-corrected chi connectivity index (χ2v) is 2.23. The highest BCUT2D eigenvalue weighted by molar-refractivity contribution is 5.72. The molecule has 1 heteroatoms. The molecule has 0 fully saturated rings. The predicted molar refractivity (Wildman–Crippen MR) is 40.6 cm³/mol. The molecule has 0 atom stereocenters. The van der Waals surface area contributed by atoms with Crippen molar-refractivity contribution in [3.05, 3.63) is 23.9 Å².